The summed E-state index contributed by atoms with van der Waals surface area (Å²) in [5, 5.41) is 3.89. The molecule has 1 amide bonds. The van der Waals surface area contributed by atoms with E-state index in [0.717, 1.165) is 48.1 Å². The zero-order valence-corrected chi connectivity index (χ0v) is 24.5. The van der Waals surface area contributed by atoms with Crippen LogP contribution >= 0.6 is 11.3 Å². The number of ether oxygens (including phenoxy) is 2. The molecule has 3 aromatic rings. The van der Waals surface area contributed by atoms with E-state index in [1.807, 2.05) is 12.1 Å². The average molecular weight is 586 g/mol. The summed E-state index contributed by atoms with van der Waals surface area (Å²) >= 11 is 1.64. The van der Waals surface area contributed by atoms with Crippen molar-refractivity contribution in [1.29, 1.82) is 0 Å². The van der Waals surface area contributed by atoms with E-state index in [2.05, 4.69) is 28.3 Å². The molecule has 1 N–H and O–H groups in total. The van der Waals surface area contributed by atoms with Crippen LogP contribution in [0.1, 0.15) is 10.4 Å². The molecule has 1 saturated heterocycles. The number of aromatic nitrogens is 1. The molecule has 1 aliphatic heterocycles. The minimum Gasteiger partial charge on any atom is -0.493 e. The molecule has 0 radical (unpaired) electrons. The molecular formula is C28H35N5O5S2. The molecule has 0 unspecified atom stereocenters. The molecule has 10 nitrogen and oxygen atoms in total. The van der Waals surface area contributed by atoms with Crippen LogP contribution in [0.4, 0.5) is 5.13 Å². The highest BCUT2D eigenvalue weighted by Gasteiger charge is 2.24. The maximum atomic E-state index is 12.9. The molecule has 2 aromatic carbocycles. The van der Waals surface area contributed by atoms with Crippen molar-refractivity contribution in [2.24, 2.45) is 0 Å². The lowest BCUT2D eigenvalue weighted by Gasteiger charge is -2.34. The minimum atomic E-state index is -3.71. The smallest absolute Gasteiger partial charge is 0.251 e. The Morgan fingerprint density at radius 1 is 1.05 bits per heavy atom. The second kappa shape index (κ2) is 13.3. The van der Waals surface area contributed by atoms with Crippen LogP contribution in [0.5, 0.6) is 11.5 Å². The van der Waals surface area contributed by atoms with Crippen LogP contribution in [0.2, 0.25) is 0 Å². The Labute approximate surface area is 239 Å². The van der Waals surface area contributed by atoms with Crippen molar-refractivity contribution in [1.82, 2.24) is 19.5 Å². The van der Waals surface area contributed by atoms with Crippen LogP contribution < -0.4 is 19.7 Å². The van der Waals surface area contributed by atoms with Gasteiger partial charge in [0.25, 0.3) is 5.91 Å². The van der Waals surface area contributed by atoms with E-state index in [4.69, 9.17) is 14.5 Å². The fourth-order valence-electron chi connectivity index (χ4n) is 4.51. The van der Waals surface area contributed by atoms with Gasteiger partial charge in [-0.05, 0) is 36.4 Å². The normalized spacial score (nSPS) is 14.3. The molecular weight excluding hydrogens is 550 g/mol. The highest BCUT2D eigenvalue weighted by atomic mass is 32.2. The van der Waals surface area contributed by atoms with Crippen LogP contribution in [0, 0.1) is 0 Å². The number of anilines is 1. The van der Waals surface area contributed by atoms with Crippen LogP contribution in [-0.2, 0) is 10.0 Å². The molecule has 1 aromatic heterocycles. The molecule has 2 heterocycles. The number of piperazine rings is 1. The first-order valence-corrected chi connectivity index (χ1v) is 15.2. The average Bonchev–Trinajstić information content (AvgIpc) is 3.41. The van der Waals surface area contributed by atoms with E-state index in [1.165, 1.54) is 40.7 Å². The molecule has 0 aliphatic carbocycles. The van der Waals surface area contributed by atoms with Gasteiger partial charge < -0.3 is 19.7 Å². The number of hydrogen-bond donors (Lipinski definition) is 1. The van der Waals surface area contributed by atoms with Gasteiger partial charge in [-0.1, -0.05) is 23.5 Å². The number of rotatable bonds is 13. The zero-order valence-electron chi connectivity index (χ0n) is 22.8. The molecule has 1 fully saturated rings. The summed E-state index contributed by atoms with van der Waals surface area (Å²) < 4.78 is 39.0. The summed E-state index contributed by atoms with van der Waals surface area (Å²) in [4.78, 5) is 22.2. The number of carbonyl (C=O) groups excluding carboxylic acids is 1. The summed E-state index contributed by atoms with van der Waals surface area (Å²) in [7, 11) is -0.467. The molecule has 12 heteroatoms. The molecule has 0 spiro atoms. The number of nitrogens with one attached hydrogen (secondary N) is 1. The number of carbonyl (C=O) groups is 1. The zero-order chi connectivity index (χ0) is 28.7. The highest BCUT2D eigenvalue weighted by Crippen LogP contribution is 2.40. The summed E-state index contributed by atoms with van der Waals surface area (Å²) in [6.45, 7) is 12.2. The van der Waals surface area contributed by atoms with Gasteiger partial charge in [0, 0.05) is 57.9 Å². The first-order valence-electron chi connectivity index (χ1n) is 12.9. The predicted molar refractivity (Wildman–Crippen MR) is 159 cm³/mol. The first kappa shape index (κ1) is 29.5. The second-order valence-corrected chi connectivity index (χ2v) is 12.1. The van der Waals surface area contributed by atoms with Crippen molar-refractivity contribution in [3.63, 3.8) is 0 Å². The highest BCUT2D eigenvalue weighted by molar-refractivity contribution is 7.89. The number of sulfonamides is 1. The second-order valence-electron chi connectivity index (χ2n) is 9.15. The van der Waals surface area contributed by atoms with Gasteiger partial charge in [-0.2, -0.15) is 4.31 Å². The molecule has 0 bridgehead atoms. The SMILES string of the molecule is C=CCN(CC=C)S(=O)(=O)c1ccc(C(=O)NCCN2CCN(c3nc4c(OC)c(OC)ccc4s3)CC2)cc1. The van der Waals surface area contributed by atoms with Crippen molar-refractivity contribution in [3.05, 3.63) is 67.3 Å². The lowest BCUT2D eigenvalue weighted by atomic mass is 10.2. The van der Waals surface area contributed by atoms with Crippen molar-refractivity contribution < 1.29 is 22.7 Å². The van der Waals surface area contributed by atoms with E-state index >= 15 is 0 Å². The lowest BCUT2D eigenvalue weighted by molar-refractivity contribution is 0.0947. The Morgan fingerprint density at radius 2 is 1.73 bits per heavy atom. The Morgan fingerprint density at radius 3 is 2.33 bits per heavy atom. The molecule has 40 heavy (non-hydrogen) atoms. The van der Waals surface area contributed by atoms with Gasteiger partial charge in [-0.15, -0.1) is 13.2 Å². The number of hydrogen-bond acceptors (Lipinski definition) is 9. The van der Waals surface area contributed by atoms with Crippen LogP contribution in [-0.4, -0.2) is 95.1 Å². The fourth-order valence-corrected chi connectivity index (χ4v) is 6.91. The van der Waals surface area contributed by atoms with E-state index in [9.17, 15) is 13.2 Å². The van der Waals surface area contributed by atoms with Gasteiger partial charge in [0.2, 0.25) is 10.0 Å². The number of amides is 1. The fraction of sp³-hybridized carbons (Fsp3) is 0.357. The number of fused-ring (bicyclic) bond motifs is 1. The molecule has 4 rings (SSSR count). The third kappa shape index (κ3) is 6.47. The standard InChI is InChI=1S/C28H35N5O5S2/c1-5-14-33(15-6-2)40(35,36)22-9-7-21(8-10-22)27(34)29-13-16-31-17-19-32(20-18-31)28-30-25-24(39-28)12-11-23(37-3)26(25)38-4/h5-12H,1-2,13-20H2,3-4H3,(H,29,34). The molecule has 1 aliphatic rings. The van der Waals surface area contributed by atoms with Gasteiger partial charge >= 0.3 is 0 Å². The van der Waals surface area contributed by atoms with Crippen molar-refractivity contribution in [2.75, 3.05) is 71.5 Å². The van der Waals surface area contributed by atoms with Gasteiger partial charge in [0.05, 0.1) is 23.8 Å². The van der Waals surface area contributed by atoms with Gasteiger partial charge in [-0.3, -0.25) is 9.69 Å². The number of methoxy groups -OCH3 is 2. The topological polar surface area (TPSA) is 104 Å². The van der Waals surface area contributed by atoms with E-state index < -0.39 is 10.0 Å². The first-order chi connectivity index (χ1) is 19.3. The molecule has 0 atom stereocenters. The van der Waals surface area contributed by atoms with E-state index in [-0.39, 0.29) is 23.9 Å². The Kier molecular flexibility index (Phi) is 9.80. The summed E-state index contributed by atoms with van der Waals surface area (Å²) in [6, 6.07) is 9.87. The number of nitrogens with zero attached hydrogens (tertiary/aromatic N) is 4. The molecule has 214 valence electrons. The lowest BCUT2D eigenvalue weighted by Crippen LogP contribution is -2.48. The van der Waals surface area contributed by atoms with E-state index in [1.54, 1.807) is 25.6 Å². The monoisotopic (exact) mass is 585 g/mol. The number of thiazole rings is 1. The van der Waals surface area contributed by atoms with Gasteiger partial charge in [0.1, 0.15) is 5.52 Å². The van der Waals surface area contributed by atoms with E-state index in [0.29, 0.717) is 23.6 Å². The van der Waals surface area contributed by atoms with Crippen molar-refractivity contribution >= 4 is 42.6 Å². The summed E-state index contributed by atoms with van der Waals surface area (Å²) in [6.07, 6.45) is 3.05. The van der Waals surface area contributed by atoms with Gasteiger partial charge in [-0.25, -0.2) is 13.4 Å². The quantitative estimate of drug-likeness (QED) is 0.305. The van der Waals surface area contributed by atoms with Gasteiger partial charge in [0.15, 0.2) is 16.6 Å². The maximum Gasteiger partial charge on any atom is 0.251 e. The Balaban J connectivity index is 1.27. The molecule has 0 saturated carbocycles. The maximum absolute atomic E-state index is 12.9. The van der Waals surface area contributed by atoms with Crippen LogP contribution in [0.3, 0.4) is 0 Å². The number of benzene rings is 2. The third-order valence-corrected chi connectivity index (χ3v) is 9.59. The predicted octanol–water partition coefficient (Wildman–Crippen LogP) is 3.23. The third-order valence-electron chi connectivity index (χ3n) is 6.67. The van der Waals surface area contributed by atoms with Crippen LogP contribution in [0.15, 0.2) is 66.6 Å². The Hall–Kier alpha value is -3.45. The van der Waals surface area contributed by atoms with Crippen molar-refractivity contribution in [2.45, 2.75) is 4.90 Å². The summed E-state index contributed by atoms with van der Waals surface area (Å²) in [5.41, 5.74) is 1.22. The minimum absolute atomic E-state index is 0.122. The van der Waals surface area contributed by atoms with Crippen molar-refractivity contribution in [3.8, 4) is 11.5 Å². The Bertz CT molecular complexity index is 1440. The van der Waals surface area contributed by atoms with Crippen LogP contribution in [0.25, 0.3) is 10.2 Å². The summed E-state index contributed by atoms with van der Waals surface area (Å²) in [5.74, 6) is 1.07. The largest absolute Gasteiger partial charge is 0.493 e.